The first-order valence-corrected chi connectivity index (χ1v) is 9.00. The lowest BCUT2D eigenvalue weighted by molar-refractivity contribution is -0.244. The topological polar surface area (TPSA) is 121 Å². The number of nitrogens with zero attached hydrogens (tertiary/aromatic N) is 5. The maximum Gasteiger partial charge on any atom is 0.281 e. The Kier molecular flexibility index (Phi) is 6.14. The second-order valence-corrected chi connectivity index (χ2v) is 6.27. The van der Waals surface area contributed by atoms with Crippen LogP contribution in [0.4, 0.5) is 0 Å². The van der Waals surface area contributed by atoms with E-state index in [4.69, 9.17) is 26.7 Å². The van der Waals surface area contributed by atoms with E-state index in [0.717, 1.165) is 17.5 Å². The zero-order valence-corrected chi connectivity index (χ0v) is 16.8. The summed E-state index contributed by atoms with van der Waals surface area (Å²) >= 11 is 5.07. The molecule has 29 heavy (non-hydrogen) atoms. The highest BCUT2D eigenvalue weighted by Gasteiger charge is 2.21. The molecule has 0 bridgehead atoms. The van der Waals surface area contributed by atoms with E-state index in [1.807, 2.05) is 24.3 Å². The van der Waals surface area contributed by atoms with Gasteiger partial charge in [0.15, 0.2) is 12.0 Å². The SMILES string of the molecule is CCOOC=C(OCc1ccc(-n2[nH]nnc2=S)cc1)c1c(O)n(C)n(C)c1=O. The van der Waals surface area contributed by atoms with Crippen LogP contribution in [0.5, 0.6) is 5.88 Å². The summed E-state index contributed by atoms with van der Waals surface area (Å²) < 4.78 is 10.2. The van der Waals surface area contributed by atoms with Crippen molar-refractivity contribution in [3.63, 3.8) is 0 Å². The lowest BCUT2D eigenvalue weighted by atomic mass is 10.2. The third kappa shape index (κ3) is 4.22. The summed E-state index contributed by atoms with van der Waals surface area (Å²) in [6.07, 6.45) is 1.14. The predicted octanol–water partition coefficient (Wildman–Crippen LogP) is 1.55. The van der Waals surface area contributed by atoms with Gasteiger partial charge in [0.25, 0.3) is 5.56 Å². The molecule has 0 saturated carbocycles. The molecule has 2 aromatic heterocycles. The number of aromatic nitrogens is 6. The molecule has 0 spiro atoms. The van der Waals surface area contributed by atoms with Crippen LogP contribution in [0.3, 0.4) is 0 Å². The first-order valence-electron chi connectivity index (χ1n) is 8.60. The Morgan fingerprint density at radius 3 is 2.55 bits per heavy atom. The summed E-state index contributed by atoms with van der Waals surface area (Å²) in [7, 11) is 3.08. The molecule has 11 nitrogen and oxygen atoms in total. The minimum absolute atomic E-state index is 0.0267. The van der Waals surface area contributed by atoms with Crippen LogP contribution in [0.25, 0.3) is 11.4 Å². The molecule has 0 radical (unpaired) electrons. The average Bonchev–Trinajstić information content (AvgIpc) is 3.23. The summed E-state index contributed by atoms with van der Waals surface area (Å²) in [5.74, 6) is -0.207. The number of rotatable bonds is 8. The lowest BCUT2D eigenvalue weighted by Crippen LogP contribution is -2.19. The molecule has 3 rings (SSSR count). The Morgan fingerprint density at radius 1 is 1.28 bits per heavy atom. The van der Waals surface area contributed by atoms with Crippen molar-refractivity contribution in [3.8, 4) is 11.6 Å². The minimum atomic E-state index is -0.437. The van der Waals surface area contributed by atoms with Crippen LogP contribution < -0.4 is 5.56 Å². The molecule has 0 amide bonds. The summed E-state index contributed by atoms with van der Waals surface area (Å²) in [5, 5.41) is 20.3. The van der Waals surface area contributed by atoms with Gasteiger partial charge in [-0.3, -0.25) is 14.2 Å². The van der Waals surface area contributed by atoms with Crippen LogP contribution in [0.15, 0.2) is 35.3 Å². The molecule has 0 fully saturated rings. The first kappa shape index (κ1) is 20.4. The molecule has 0 saturated heterocycles. The number of hydrogen-bond acceptors (Lipinski definition) is 8. The van der Waals surface area contributed by atoms with Gasteiger partial charge in [-0.2, -0.15) is 10.1 Å². The second kappa shape index (κ2) is 8.75. The Balaban J connectivity index is 1.82. The van der Waals surface area contributed by atoms with Crippen LogP contribution in [0.1, 0.15) is 18.1 Å². The average molecular weight is 420 g/mol. The van der Waals surface area contributed by atoms with Crippen molar-refractivity contribution in [2.24, 2.45) is 14.1 Å². The summed E-state index contributed by atoms with van der Waals surface area (Å²) in [4.78, 5) is 22.2. The van der Waals surface area contributed by atoms with Gasteiger partial charge in [0.1, 0.15) is 12.2 Å². The number of H-pyrrole nitrogens is 1. The quantitative estimate of drug-likeness (QED) is 0.185. The van der Waals surface area contributed by atoms with Crippen molar-refractivity contribution in [1.29, 1.82) is 0 Å². The van der Waals surface area contributed by atoms with Crippen molar-refractivity contribution in [2.75, 3.05) is 6.61 Å². The van der Waals surface area contributed by atoms with Gasteiger partial charge >= 0.3 is 0 Å². The lowest BCUT2D eigenvalue weighted by Gasteiger charge is -2.10. The third-order valence-corrected chi connectivity index (χ3v) is 4.40. The van der Waals surface area contributed by atoms with Gasteiger partial charge in [0.2, 0.25) is 10.7 Å². The van der Waals surface area contributed by atoms with Gasteiger partial charge in [0, 0.05) is 14.1 Å². The normalized spacial score (nSPS) is 11.6. The molecule has 3 aromatic rings. The second-order valence-electron chi connectivity index (χ2n) is 5.91. The van der Waals surface area contributed by atoms with Gasteiger partial charge in [-0.15, -0.1) is 0 Å². The highest BCUT2D eigenvalue weighted by atomic mass is 32.1. The van der Waals surface area contributed by atoms with Gasteiger partial charge in [-0.1, -0.05) is 22.4 Å². The highest BCUT2D eigenvalue weighted by Crippen LogP contribution is 2.24. The largest absolute Gasteiger partial charge is 0.493 e. The van der Waals surface area contributed by atoms with Gasteiger partial charge < -0.3 is 14.7 Å². The van der Waals surface area contributed by atoms with Crippen molar-refractivity contribution in [2.45, 2.75) is 13.5 Å². The molecule has 2 N–H and O–H groups in total. The number of ether oxygens (including phenoxy) is 1. The summed E-state index contributed by atoms with van der Waals surface area (Å²) in [6, 6.07) is 7.27. The molecule has 0 atom stereocenters. The molecule has 0 aliphatic carbocycles. The van der Waals surface area contributed by atoms with Crippen LogP contribution in [-0.2, 0) is 35.2 Å². The third-order valence-electron chi connectivity index (χ3n) is 4.14. The van der Waals surface area contributed by atoms with Gasteiger partial charge in [-0.05, 0) is 36.8 Å². The highest BCUT2D eigenvalue weighted by molar-refractivity contribution is 7.71. The fourth-order valence-corrected chi connectivity index (χ4v) is 2.68. The number of aromatic hydroxyl groups is 1. The molecule has 1 aromatic carbocycles. The summed E-state index contributed by atoms with van der Waals surface area (Å²) in [5.41, 5.74) is 1.10. The van der Waals surface area contributed by atoms with Crippen LogP contribution >= 0.6 is 12.2 Å². The monoisotopic (exact) mass is 420 g/mol. The van der Waals surface area contributed by atoms with E-state index in [0.29, 0.717) is 11.4 Å². The minimum Gasteiger partial charge on any atom is -0.493 e. The number of nitrogens with one attached hydrogen (secondary N) is 1. The maximum absolute atomic E-state index is 12.4. The fourth-order valence-electron chi connectivity index (χ4n) is 2.49. The molecule has 12 heteroatoms. The number of hydrogen-bond donors (Lipinski definition) is 2. The van der Waals surface area contributed by atoms with Gasteiger partial charge in [0.05, 0.1) is 12.3 Å². The predicted molar refractivity (Wildman–Crippen MR) is 104 cm³/mol. The van der Waals surface area contributed by atoms with E-state index < -0.39 is 5.56 Å². The first-order chi connectivity index (χ1) is 13.9. The van der Waals surface area contributed by atoms with Crippen LogP contribution in [0, 0.1) is 4.77 Å². The zero-order valence-electron chi connectivity index (χ0n) is 16.0. The van der Waals surface area contributed by atoms with Gasteiger partial charge in [-0.25, -0.2) is 4.68 Å². The molecule has 2 heterocycles. The van der Waals surface area contributed by atoms with Crippen LogP contribution in [-0.4, -0.2) is 41.3 Å². The van der Waals surface area contributed by atoms with Crippen molar-refractivity contribution in [1.82, 2.24) is 29.6 Å². The van der Waals surface area contributed by atoms with Crippen molar-refractivity contribution in [3.05, 3.63) is 56.8 Å². The van der Waals surface area contributed by atoms with E-state index in [1.54, 1.807) is 18.7 Å². The van der Waals surface area contributed by atoms with E-state index >= 15 is 0 Å². The smallest absolute Gasteiger partial charge is 0.281 e. The van der Waals surface area contributed by atoms with E-state index in [-0.39, 0.29) is 23.8 Å². The molecule has 0 aliphatic heterocycles. The number of benzene rings is 1. The Hall–Kier alpha value is -3.38. The zero-order chi connectivity index (χ0) is 21.0. The molecule has 0 unspecified atom stereocenters. The standard InChI is InChI=1S/C17H20N6O5S/c1-4-27-28-10-13(14-15(24)21(2)22(3)16(14)25)26-9-11-5-7-12(8-6-11)23-17(29)18-19-20-23/h5-8,10,24H,4,9H2,1-3H3,(H,18,20,29). The Morgan fingerprint density at radius 2 is 2.00 bits per heavy atom. The van der Waals surface area contributed by atoms with E-state index in [1.165, 1.54) is 16.4 Å². The summed E-state index contributed by atoms with van der Waals surface area (Å²) in [6.45, 7) is 2.16. The van der Waals surface area contributed by atoms with E-state index in [2.05, 4.69) is 15.5 Å². The Bertz CT molecular complexity index is 1120. The molecular weight excluding hydrogens is 400 g/mol. The molecular formula is C17H20N6O5S. The van der Waals surface area contributed by atoms with Crippen molar-refractivity contribution >= 4 is 18.0 Å². The fraction of sp³-hybridized carbons (Fsp3) is 0.294. The maximum atomic E-state index is 12.4. The molecule has 0 aliphatic rings. The number of aromatic amines is 1. The number of tetrazole rings is 1. The molecule has 154 valence electrons. The van der Waals surface area contributed by atoms with Crippen molar-refractivity contribution < 1.29 is 19.6 Å². The van der Waals surface area contributed by atoms with E-state index in [9.17, 15) is 9.90 Å². The Labute approximate surface area is 170 Å². The van der Waals surface area contributed by atoms with Crippen LogP contribution in [0.2, 0.25) is 0 Å².